The highest BCUT2D eigenvalue weighted by Crippen LogP contribution is 2.27. The Kier molecular flexibility index (Phi) is 5.23. The predicted molar refractivity (Wildman–Crippen MR) is 85.8 cm³/mol. The van der Waals surface area contributed by atoms with Crippen LogP contribution in [0.4, 0.5) is 0 Å². The van der Waals surface area contributed by atoms with Gasteiger partial charge in [-0.15, -0.1) is 11.3 Å². The summed E-state index contributed by atoms with van der Waals surface area (Å²) in [5.74, 6) is -0.515. The molecule has 2 rings (SSSR count). The molecule has 1 atom stereocenters. The van der Waals surface area contributed by atoms with Crippen molar-refractivity contribution in [2.45, 2.75) is 17.9 Å². The minimum absolute atomic E-state index is 0.0784. The fourth-order valence-corrected chi connectivity index (χ4v) is 4.17. The fourth-order valence-electron chi connectivity index (χ4n) is 1.81. The third-order valence-electron chi connectivity index (χ3n) is 2.94. The van der Waals surface area contributed by atoms with Crippen LogP contribution in [0.1, 0.15) is 28.2 Å². The Labute approximate surface area is 137 Å². The molecule has 0 aliphatic heterocycles. The highest BCUT2D eigenvalue weighted by atomic mass is 35.5. The number of carbonyl (C=O) groups is 1. The summed E-state index contributed by atoms with van der Waals surface area (Å²) in [6, 6.07) is 8.65. The number of methoxy groups -OCH3 is 1. The molecule has 2 aromatic rings. The number of carbonyl (C=O) groups excluding carboxylic acids is 1. The smallest absolute Gasteiger partial charge is 0.337 e. The molecule has 0 amide bonds. The van der Waals surface area contributed by atoms with Gasteiger partial charge in [-0.3, -0.25) is 0 Å². The van der Waals surface area contributed by atoms with Gasteiger partial charge in [0.05, 0.1) is 27.9 Å². The van der Waals surface area contributed by atoms with E-state index in [9.17, 15) is 13.2 Å². The summed E-state index contributed by atoms with van der Waals surface area (Å²) in [6.45, 7) is 1.74. The zero-order chi connectivity index (χ0) is 16.3. The van der Waals surface area contributed by atoms with E-state index in [1.165, 1.54) is 42.7 Å². The normalized spacial score (nSPS) is 12.9. The molecule has 5 nitrogen and oxygen atoms in total. The van der Waals surface area contributed by atoms with Gasteiger partial charge in [-0.25, -0.2) is 17.9 Å². The van der Waals surface area contributed by atoms with Crippen LogP contribution in [0.15, 0.2) is 41.3 Å². The van der Waals surface area contributed by atoms with Crippen molar-refractivity contribution in [1.82, 2.24) is 4.72 Å². The Morgan fingerprint density at radius 1 is 1.23 bits per heavy atom. The van der Waals surface area contributed by atoms with E-state index >= 15 is 0 Å². The number of esters is 1. The van der Waals surface area contributed by atoms with Crippen LogP contribution in [0.5, 0.6) is 0 Å². The van der Waals surface area contributed by atoms with Gasteiger partial charge in [0, 0.05) is 4.88 Å². The van der Waals surface area contributed by atoms with Crippen LogP contribution in [0.25, 0.3) is 0 Å². The van der Waals surface area contributed by atoms with E-state index in [1.807, 2.05) is 0 Å². The maximum atomic E-state index is 12.3. The first kappa shape index (κ1) is 17.0. The summed E-state index contributed by atoms with van der Waals surface area (Å²) >= 11 is 7.17. The number of rotatable bonds is 5. The first-order chi connectivity index (χ1) is 10.3. The van der Waals surface area contributed by atoms with Crippen LogP contribution in [-0.4, -0.2) is 21.5 Å². The van der Waals surface area contributed by atoms with E-state index < -0.39 is 22.0 Å². The lowest BCUT2D eigenvalue weighted by Gasteiger charge is -2.13. The number of hydrogen-bond donors (Lipinski definition) is 1. The van der Waals surface area contributed by atoms with Crippen molar-refractivity contribution in [3.05, 3.63) is 51.2 Å². The van der Waals surface area contributed by atoms with Crippen LogP contribution >= 0.6 is 22.9 Å². The van der Waals surface area contributed by atoms with Crippen molar-refractivity contribution >= 4 is 38.9 Å². The zero-order valence-electron chi connectivity index (χ0n) is 11.9. The number of halogens is 1. The van der Waals surface area contributed by atoms with Gasteiger partial charge in [0.15, 0.2) is 0 Å². The quantitative estimate of drug-likeness (QED) is 0.832. The van der Waals surface area contributed by atoms with Crippen molar-refractivity contribution in [3.8, 4) is 0 Å². The van der Waals surface area contributed by atoms with Gasteiger partial charge >= 0.3 is 5.97 Å². The summed E-state index contributed by atoms with van der Waals surface area (Å²) in [6.07, 6.45) is 0. The molecule has 8 heteroatoms. The molecule has 0 spiro atoms. The summed E-state index contributed by atoms with van der Waals surface area (Å²) < 4.78 is 32.4. The second-order valence-corrected chi connectivity index (χ2v) is 7.96. The van der Waals surface area contributed by atoms with E-state index in [0.717, 1.165) is 4.88 Å². The maximum absolute atomic E-state index is 12.3. The molecular formula is C14H14ClNO4S2. The van der Waals surface area contributed by atoms with Gasteiger partial charge in [-0.1, -0.05) is 11.6 Å². The molecule has 0 fully saturated rings. The molecule has 0 aliphatic rings. The summed E-state index contributed by atoms with van der Waals surface area (Å²) in [5.41, 5.74) is 0.291. The molecule has 0 unspecified atom stereocenters. The largest absolute Gasteiger partial charge is 0.465 e. The molecule has 22 heavy (non-hydrogen) atoms. The minimum Gasteiger partial charge on any atom is -0.465 e. The molecule has 0 radical (unpaired) electrons. The number of thiophene rings is 1. The van der Waals surface area contributed by atoms with Crippen LogP contribution < -0.4 is 4.72 Å². The van der Waals surface area contributed by atoms with Crippen LogP contribution in [0.3, 0.4) is 0 Å². The first-order valence-electron chi connectivity index (χ1n) is 6.29. The Bertz CT molecular complexity index is 768. The molecule has 1 aromatic heterocycles. The van der Waals surface area contributed by atoms with Crippen molar-refractivity contribution in [3.63, 3.8) is 0 Å². The molecule has 0 aliphatic carbocycles. The Morgan fingerprint density at radius 3 is 2.36 bits per heavy atom. The first-order valence-corrected chi connectivity index (χ1v) is 8.97. The second kappa shape index (κ2) is 6.78. The van der Waals surface area contributed by atoms with E-state index in [0.29, 0.717) is 9.90 Å². The van der Waals surface area contributed by atoms with E-state index in [1.54, 1.807) is 19.1 Å². The average molecular weight is 360 g/mol. The highest BCUT2D eigenvalue weighted by Gasteiger charge is 2.20. The molecular weight excluding hydrogens is 346 g/mol. The molecule has 0 saturated heterocycles. The summed E-state index contributed by atoms with van der Waals surface area (Å²) in [5, 5.41) is 0. The van der Waals surface area contributed by atoms with Crippen molar-refractivity contribution in [1.29, 1.82) is 0 Å². The van der Waals surface area contributed by atoms with Crippen LogP contribution in [-0.2, 0) is 14.8 Å². The number of hydrogen-bond acceptors (Lipinski definition) is 5. The van der Waals surface area contributed by atoms with E-state index in [2.05, 4.69) is 9.46 Å². The predicted octanol–water partition coefficient (Wildman–Crippen LogP) is 3.23. The van der Waals surface area contributed by atoms with Gasteiger partial charge in [0.1, 0.15) is 0 Å². The third-order valence-corrected chi connectivity index (χ3v) is 5.91. The Balaban J connectivity index is 2.18. The summed E-state index contributed by atoms with van der Waals surface area (Å²) in [7, 11) is -2.42. The standard InChI is InChI=1S/C14H14ClNO4S2/c1-9(12-7-8-13(15)21-12)16-22(18,19)11-5-3-10(4-6-11)14(17)20-2/h3-9,16H,1-2H3/t9-/m1/s1. The van der Waals surface area contributed by atoms with Crippen molar-refractivity contribution in [2.24, 2.45) is 0 Å². The SMILES string of the molecule is COC(=O)c1ccc(S(=O)(=O)N[C@H](C)c2ccc(Cl)s2)cc1. The lowest BCUT2D eigenvalue weighted by atomic mass is 10.2. The molecule has 1 N–H and O–H groups in total. The molecule has 1 heterocycles. The number of nitrogens with one attached hydrogen (secondary N) is 1. The van der Waals surface area contributed by atoms with Crippen LogP contribution in [0, 0.1) is 0 Å². The molecule has 0 bridgehead atoms. The van der Waals surface area contributed by atoms with Gasteiger partial charge in [0.25, 0.3) is 0 Å². The van der Waals surface area contributed by atoms with E-state index in [4.69, 9.17) is 11.6 Å². The third kappa shape index (κ3) is 3.86. The Hall–Kier alpha value is -1.41. The van der Waals surface area contributed by atoms with Crippen molar-refractivity contribution in [2.75, 3.05) is 7.11 Å². The summed E-state index contributed by atoms with van der Waals surface area (Å²) in [4.78, 5) is 12.2. The molecule has 0 saturated carbocycles. The molecule has 1 aromatic carbocycles. The highest BCUT2D eigenvalue weighted by molar-refractivity contribution is 7.89. The van der Waals surface area contributed by atoms with Gasteiger partial charge in [-0.2, -0.15) is 0 Å². The van der Waals surface area contributed by atoms with Crippen molar-refractivity contribution < 1.29 is 17.9 Å². The number of benzene rings is 1. The average Bonchev–Trinajstić information content (AvgIpc) is 2.93. The lowest BCUT2D eigenvalue weighted by molar-refractivity contribution is 0.0600. The second-order valence-electron chi connectivity index (χ2n) is 4.50. The minimum atomic E-state index is -3.69. The molecule has 118 valence electrons. The van der Waals surface area contributed by atoms with E-state index in [-0.39, 0.29) is 4.90 Å². The van der Waals surface area contributed by atoms with Gasteiger partial charge in [0.2, 0.25) is 10.0 Å². The van der Waals surface area contributed by atoms with Crippen LogP contribution in [0.2, 0.25) is 4.34 Å². The maximum Gasteiger partial charge on any atom is 0.337 e. The Morgan fingerprint density at radius 2 is 1.86 bits per heavy atom. The zero-order valence-corrected chi connectivity index (χ0v) is 14.3. The number of ether oxygens (including phenoxy) is 1. The van der Waals surface area contributed by atoms with Gasteiger partial charge in [-0.05, 0) is 43.3 Å². The monoisotopic (exact) mass is 359 g/mol. The topological polar surface area (TPSA) is 72.5 Å². The number of sulfonamides is 1. The lowest BCUT2D eigenvalue weighted by Crippen LogP contribution is -2.26. The fraction of sp³-hybridized carbons (Fsp3) is 0.214. The van der Waals surface area contributed by atoms with Gasteiger partial charge < -0.3 is 4.74 Å².